The fourth-order valence-electron chi connectivity index (χ4n) is 2.13. The third kappa shape index (κ3) is 6.78. The lowest BCUT2D eigenvalue weighted by Gasteiger charge is -2.15. The number of pyridine rings is 1. The molecule has 28 heavy (non-hydrogen) atoms. The molecule has 0 aliphatic heterocycles. The highest BCUT2D eigenvalue weighted by Gasteiger charge is 2.28. The van der Waals surface area contributed by atoms with Gasteiger partial charge in [0.2, 0.25) is 5.88 Å². The van der Waals surface area contributed by atoms with E-state index in [-0.39, 0.29) is 11.6 Å². The normalized spacial score (nSPS) is 12.1. The average Bonchev–Trinajstić information content (AvgIpc) is 2.64. The number of amides is 1. The first kappa shape index (κ1) is 21.0. The van der Waals surface area contributed by atoms with Gasteiger partial charge in [-0.25, -0.2) is 9.78 Å². The summed E-state index contributed by atoms with van der Waals surface area (Å²) in [6, 6.07) is 9.93. The molecule has 1 atom stereocenters. The fraction of sp³-hybridized carbons (Fsp3) is 0.278. The molecule has 2 N–H and O–H groups in total. The molecular weight excluding hydrogens is 381 g/mol. The second-order valence-electron chi connectivity index (χ2n) is 5.71. The molecule has 1 unspecified atom stereocenters. The van der Waals surface area contributed by atoms with Gasteiger partial charge >= 0.3 is 12.1 Å². The number of aliphatic carboxylic acids is 1. The molecule has 0 spiro atoms. The predicted octanol–water partition coefficient (Wildman–Crippen LogP) is 2.98. The van der Waals surface area contributed by atoms with E-state index in [4.69, 9.17) is 9.84 Å². The van der Waals surface area contributed by atoms with Crippen molar-refractivity contribution in [3.63, 3.8) is 0 Å². The van der Waals surface area contributed by atoms with Gasteiger partial charge in [0, 0.05) is 6.07 Å². The average molecular weight is 398 g/mol. The van der Waals surface area contributed by atoms with Crippen LogP contribution in [-0.2, 0) is 4.79 Å². The number of nitrogens with one attached hydrogen (secondary N) is 1. The molecular formula is C18H17F3N2O5. The molecule has 2 rings (SSSR count). The van der Waals surface area contributed by atoms with Crippen molar-refractivity contribution in [2.45, 2.75) is 19.1 Å². The van der Waals surface area contributed by atoms with Crippen molar-refractivity contribution in [1.82, 2.24) is 10.3 Å². The van der Waals surface area contributed by atoms with Crippen LogP contribution in [0.15, 0.2) is 42.5 Å². The Kier molecular flexibility index (Phi) is 6.80. The standard InChI is InChI=1S/C18H17F3N2O5/c1-11(12-5-7-13(8-6-12)27-9-16(24)25)22-17(26)14-3-2-4-15(23-14)28-10-18(19,20)21/h2-8,11H,9-10H2,1H3,(H,22,26)(H,24,25). The van der Waals surface area contributed by atoms with Crippen molar-refractivity contribution >= 4 is 11.9 Å². The molecule has 1 heterocycles. The summed E-state index contributed by atoms with van der Waals surface area (Å²) in [7, 11) is 0. The van der Waals surface area contributed by atoms with E-state index < -0.39 is 37.3 Å². The molecule has 10 heteroatoms. The number of alkyl halides is 3. The summed E-state index contributed by atoms with van der Waals surface area (Å²) >= 11 is 0. The number of rotatable bonds is 8. The summed E-state index contributed by atoms with van der Waals surface area (Å²) in [6.45, 7) is -0.267. The summed E-state index contributed by atoms with van der Waals surface area (Å²) in [5.74, 6) is -1.63. The first-order valence-electron chi connectivity index (χ1n) is 8.06. The number of aromatic nitrogens is 1. The van der Waals surface area contributed by atoms with E-state index >= 15 is 0 Å². The molecule has 0 saturated heterocycles. The maximum absolute atomic E-state index is 12.3. The van der Waals surface area contributed by atoms with Gasteiger partial charge in [-0.05, 0) is 30.7 Å². The van der Waals surface area contributed by atoms with Gasteiger partial charge in [0.1, 0.15) is 11.4 Å². The van der Waals surface area contributed by atoms with Crippen LogP contribution in [0.4, 0.5) is 13.2 Å². The summed E-state index contributed by atoms with van der Waals surface area (Å²) in [6.07, 6.45) is -4.51. The number of halogens is 3. The summed E-state index contributed by atoms with van der Waals surface area (Å²) in [5, 5.41) is 11.2. The lowest BCUT2D eigenvalue weighted by atomic mass is 10.1. The predicted molar refractivity (Wildman–Crippen MR) is 91.2 cm³/mol. The number of nitrogens with zero attached hydrogens (tertiary/aromatic N) is 1. The van der Waals surface area contributed by atoms with Crippen LogP contribution in [0.2, 0.25) is 0 Å². The van der Waals surface area contributed by atoms with Crippen LogP contribution in [0.3, 0.4) is 0 Å². The zero-order chi connectivity index (χ0) is 20.7. The number of benzene rings is 1. The second kappa shape index (κ2) is 9.07. The third-order valence-electron chi connectivity index (χ3n) is 3.43. The van der Waals surface area contributed by atoms with Crippen LogP contribution in [0.25, 0.3) is 0 Å². The first-order valence-corrected chi connectivity index (χ1v) is 8.06. The number of carbonyl (C=O) groups is 2. The Labute approximate surface area is 158 Å². The molecule has 1 amide bonds. The fourth-order valence-corrected chi connectivity index (χ4v) is 2.13. The Balaban J connectivity index is 1.97. The summed E-state index contributed by atoms with van der Waals surface area (Å²) in [4.78, 5) is 26.5. The van der Waals surface area contributed by atoms with Crippen LogP contribution in [0.5, 0.6) is 11.6 Å². The Bertz CT molecular complexity index is 825. The maximum Gasteiger partial charge on any atom is 0.422 e. The van der Waals surface area contributed by atoms with E-state index in [1.807, 2.05) is 0 Å². The van der Waals surface area contributed by atoms with Crippen molar-refractivity contribution < 1.29 is 37.3 Å². The van der Waals surface area contributed by atoms with E-state index in [9.17, 15) is 22.8 Å². The van der Waals surface area contributed by atoms with Crippen LogP contribution in [-0.4, -0.2) is 41.4 Å². The molecule has 0 radical (unpaired) electrons. The molecule has 7 nitrogen and oxygen atoms in total. The molecule has 0 fully saturated rings. The highest BCUT2D eigenvalue weighted by atomic mass is 19.4. The minimum atomic E-state index is -4.51. The zero-order valence-electron chi connectivity index (χ0n) is 14.7. The van der Waals surface area contributed by atoms with Gasteiger partial charge in [0.25, 0.3) is 5.91 Å². The number of hydrogen-bond donors (Lipinski definition) is 2. The van der Waals surface area contributed by atoms with Gasteiger partial charge in [0.05, 0.1) is 6.04 Å². The van der Waals surface area contributed by atoms with Crippen molar-refractivity contribution in [3.8, 4) is 11.6 Å². The van der Waals surface area contributed by atoms with Crippen LogP contribution >= 0.6 is 0 Å². The molecule has 0 aliphatic rings. The minimum absolute atomic E-state index is 0.0899. The Morgan fingerprint density at radius 1 is 1.14 bits per heavy atom. The molecule has 1 aromatic carbocycles. The van der Waals surface area contributed by atoms with Gasteiger partial charge in [-0.1, -0.05) is 18.2 Å². The van der Waals surface area contributed by atoms with Gasteiger partial charge in [-0.3, -0.25) is 4.79 Å². The van der Waals surface area contributed by atoms with E-state index in [2.05, 4.69) is 15.0 Å². The van der Waals surface area contributed by atoms with Crippen molar-refractivity contribution in [2.75, 3.05) is 13.2 Å². The molecule has 0 saturated carbocycles. The highest BCUT2D eigenvalue weighted by molar-refractivity contribution is 5.92. The van der Waals surface area contributed by atoms with E-state index in [1.54, 1.807) is 31.2 Å². The lowest BCUT2D eigenvalue weighted by molar-refractivity contribution is -0.154. The number of carbonyl (C=O) groups excluding carboxylic acids is 1. The zero-order valence-corrected chi connectivity index (χ0v) is 14.7. The number of carboxylic acids is 1. The van der Waals surface area contributed by atoms with Gasteiger partial charge in [-0.2, -0.15) is 13.2 Å². The van der Waals surface area contributed by atoms with Gasteiger partial charge in [0.15, 0.2) is 13.2 Å². The van der Waals surface area contributed by atoms with E-state index in [0.29, 0.717) is 11.3 Å². The molecule has 0 bridgehead atoms. The van der Waals surface area contributed by atoms with Crippen molar-refractivity contribution in [1.29, 1.82) is 0 Å². The minimum Gasteiger partial charge on any atom is -0.482 e. The highest BCUT2D eigenvalue weighted by Crippen LogP contribution is 2.19. The van der Waals surface area contributed by atoms with Crippen molar-refractivity contribution in [2.24, 2.45) is 0 Å². The Morgan fingerprint density at radius 2 is 1.82 bits per heavy atom. The topological polar surface area (TPSA) is 97.8 Å². The van der Waals surface area contributed by atoms with E-state index in [1.165, 1.54) is 18.2 Å². The SMILES string of the molecule is CC(NC(=O)c1cccc(OCC(F)(F)F)n1)c1ccc(OCC(=O)O)cc1. The second-order valence-corrected chi connectivity index (χ2v) is 5.71. The summed E-state index contributed by atoms with van der Waals surface area (Å²) < 4.78 is 46.2. The van der Waals surface area contributed by atoms with Gasteiger partial charge in [-0.15, -0.1) is 0 Å². The monoisotopic (exact) mass is 398 g/mol. The van der Waals surface area contributed by atoms with Crippen LogP contribution < -0.4 is 14.8 Å². The molecule has 1 aromatic heterocycles. The molecule has 150 valence electrons. The molecule has 2 aromatic rings. The largest absolute Gasteiger partial charge is 0.482 e. The third-order valence-corrected chi connectivity index (χ3v) is 3.43. The lowest BCUT2D eigenvalue weighted by Crippen LogP contribution is -2.27. The number of ether oxygens (including phenoxy) is 2. The van der Waals surface area contributed by atoms with E-state index in [0.717, 1.165) is 0 Å². The maximum atomic E-state index is 12.3. The Hall–Kier alpha value is -3.30. The number of carboxylic acid groups (broad SMARTS) is 1. The first-order chi connectivity index (χ1) is 13.1. The number of hydrogen-bond acceptors (Lipinski definition) is 5. The molecule has 0 aliphatic carbocycles. The van der Waals surface area contributed by atoms with Crippen molar-refractivity contribution in [3.05, 3.63) is 53.7 Å². The van der Waals surface area contributed by atoms with Crippen LogP contribution in [0, 0.1) is 0 Å². The smallest absolute Gasteiger partial charge is 0.422 e. The quantitative estimate of drug-likeness (QED) is 0.710. The summed E-state index contributed by atoms with van der Waals surface area (Å²) in [5.41, 5.74) is 0.619. The van der Waals surface area contributed by atoms with Crippen LogP contribution in [0.1, 0.15) is 29.0 Å². The Morgan fingerprint density at radius 3 is 2.43 bits per heavy atom. The van der Waals surface area contributed by atoms with Gasteiger partial charge < -0.3 is 19.9 Å².